The van der Waals surface area contributed by atoms with Crippen molar-refractivity contribution in [2.24, 2.45) is 23.2 Å². The van der Waals surface area contributed by atoms with E-state index < -0.39 is 0 Å². The summed E-state index contributed by atoms with van der Waals surface area (Å²) in [5, 5.41) is 11.1. The summed E-state index contributed by atoms with van der Waals surface area (Å²) in [5.74, 6) is 2.32. The van der Waals surface area contributed by atoms with Crippen molar-refractivity contribution in [2.75, 3.05) is 0 Å². The first-order chi connectivity index (χ1) is 10.0. The first kappa shape index (κ1) is 14.8. The van der Waals surface area contributed by atoms with Crippen LogP contribution in [0.1, 0.15) is 63.2 Å². The molecule has 0 heterocycles. The SMILES string of the molecule is C=Cc1ccc(C(O)C23CC(C)CC(CC(C)C2)C3)cc1. The van der Waals surface area contributed by atoms with Gasteiger partial charge in [0.05, 0.1) is 6.10 Å². The normalized spacial score (nSPS) is 37.0. The van der Waals surface area contributed by atoms with Gasteiger partial charge in [0.1, 0.15) is 0 Å². The predicted molar refractivity (Wildman–Crippen MR) is 88.8 cm³/mol. The summed E-state index contributed by atoms with van der Waals surface area (Å²) in [7, 11) is 0. The predicted octanol–water partition coefficient (Wildman–Crippen LogP) is 5.22. The second-order valence-corrected chi connectivity index (χ2v) is 7.80. The molecule has 2 fully saturated rings. The molecule has 0 aromatic heterocycles. The van der Waals surface area contributed by atoms with E-state index in [-0.39, 0.29) is 11.5 Å². The summed E-state index contributed by atoms with van der Waals surface area (Å²) in [6, 6.07) is 8.31. The molecule has 2 saturated carbocycles. The van der Waals surface area contributed by atoms with Crippen molar-refractivity contribution in [3.8, 4) is 0 Å². The lowest BCUT2D eigenvalue weighted by Gasteiger charge is -2.52. The summed E-state index contributed by atoms with van der Waals surface area (Å²) >= 11 is 0. The molecule has 3 atom stereocenters. The maximum atomic E-state index is 11.1. The van der Waals surface area contributed by atoms with Crippen LogP contribution >= 0.6 is 0 Å². The monoisotopic (exact) mass is 284 g/mol. The van der Waals surface area contributed by atoms with E-state index in [9.17, 15) is 5.11 Å². The first-order valence-corrected chi connectivity index (χ1v) is 8.43. The highest BCUT2D eigenvalue weighted by Gasteiger charge is 2.48. The third kappa shape index (κ3) is 2.81. The van der Waals surface area contributed by atoms with Crippen LogP contribution in [-0.2, 0) is 0 Å². The molecule has 2 aliphatic rings. The van der Waals surface area contributed by atoms with Crippen LogP contribution in [0.2, 0.25) is 0 Å². The third-order valence-electron chi connectivity index (χ3n) is 5.74. The van der Waals surface area contributed by atoms with Crippen molar-refractivity contribution in [3.63, 3.8) is 0 Å². The lowest BCUT2D eigenvalue weighted by molar-refractivity contribution is -0.0797. The van der Waals surface area contributed by atoms with E-state index in [0.29, 0.717) is 0 Å². The number of benzene rings is 1. The van der Waals surface area contributed by atoms with E-state index in [1.54, 1.807) is 0 Å². The van der Waals surface area contributed by atoms with Crippen LogP contribution in [0.15, 0.2) is 30.8 Å². The Morgan fingerprint density at radius 1 is 1.10 bits per heavy atom. The maximum Gasteiger partial charge on any atom is 0.0846 e. The summed E-state index contributed by atoms with van der Waals surface area (Å²) < 4.78 is 0. The molecule has 1 aromatic carbocycles. The molecule has 0 radical (unpaired) electrons. The van der Waals surface area contributed by atoms with E-state index in [4.69, 9.17) is 0 Å². The largest absolute Gasteiger partial charge is 0.388 e. The number of fused-ring (bicyclic) bond motifs is 2. The van der Waals surface area contributed by atoms with Gasteiger partial charge in [-0.2, -0.15) is 0 Å². The van der Waals surface area contributed by atoms with Gasteiger partial charge in [-0.05, 0) is 61.0 Å². The summed E-state index contributed by atoms with van der Waals surface area (Å²) in [6.45, 7) is 8.53. The van der Waals surface area contributed by atoms with Crippen molar-refractivity contribution < 1.29 is 5.11 Å². The Balaban J connectivity index is 1.89. The van der Waals surface area contributed by atoms with Gasteiger partial charge in [-0.15, -0.1) is 0 Å². The molecule has 0 spiro atoms. The average Bonchev–Trinajstić information content (AvgIpc) is 2.45. The van der Waals surface area contributed by atoms with Crippen LogP contribution in [0.4, 0.5) is 0 Å². The fraction of sp³-hybridized carbons (Fsp3) is 0.600. The van der Waals surface area contributed by atoms with Gasteiger partial charge in [-0.25, -0.2) is 0 Å². The van der Waals surface area contributed by atoms with Gasteiger partial charge in [-0.3, -0.25) is 0 Å². The van der Waals surface area contributed by atoms with Crippen molar-refractivity contribution >= 4 is 6.08 Å². The van der Waals surface area contributed by atoms with Crippen LogP contribution < -0.4 is 0 Å². The minimum atomic E-state index is -0.315. The fourth-order valence-electron chi connectivity index (χ4n) is 5.28. The van der Waals surface area contributed by atoms with Gasteiger partial charge in [0.25, 0.3) is 0 Å². The molecular weight excluding hydrogens is 256 g/mol. The second kappa shape index (κ2) is 5.61. The third-order valence-corrected chi connectivity index (χ3v) is 5.74. The highest BCUT2D eigenvalue weighted by Crippen LogP contribution is 2.58. The molecule has 2 bridgehead atoms. The zero-order valence-electron chi connectivity index (χ0n) is 13.4. The standard InChI is InChI=1S/C20H28O/c1-4-16-5-7-18(8-6-16)19(21)20-11-14(2)9-17(13-20)10-15(3)12-20/h4-8,14-15,17,19,21H,1,9-13H2,2-3H3. The van der Waals surface area contributed by atoms with Crippen LogP contribution in [0, 0.1) is 23.2 Å². The summed E-state index contributed by atoms with van der Waals surface area (Å²) in [4.78, 5) is 0. The van der Waals surface area contributed by atoms with Crippen LogP contribution in [0.5, 0.6) is 0 Å². The highest BCUT2D eigenvalue weighted by atomic mass is 16.3. The van der Waals surface area contributed by atoms with Crippen LogP contribution in [0.3, 0.4) is 0 Å². The first-order valence-electron chi connectivity index (χ1n) is 8.43. The molecular formula is C20H28O. The Labute approximate surface area is 129 Å². The van der Waals surface area contributed by atoms with Gasteiger partial charge in [0.15, 0.2) is 0 Å². The summed E-state index contributed by atoms with van der Waals surface area (Å²) in [6.07, 6.45) is 7.82. The molecule has 1 heteroatoms. The van der Waals surface area contributed by atoms with Gasteiger partial charge < -0.3 is 5.11 Å². The minimum absolute atomic E-state index is 0.107. The smallest absolute Gasteiger partial charge is 0.0846 e. The van der Waals surface area contributed by atoms with E-state index in [2.05, 4.69) is 44.7 Å². The van der Waals surface area contributed by atoms with E-state index >= 15 is 0 Å². The molecule has 114 valence electrons. The van der Waals surface area contributed by atoms with Crippen molar-refractivity contribution in [1.82, 2.24) is 0 Å². The lowest BCUT2D eigenvalue weighted by atomic mass is 9.54. The fourth-order valence-corrected chi connectivity index (χ4v) is 5.28. The van der Waals surface area contributed by atoms with Gasteiger partial charge in [0.2, 0.25) is 0 Å². The maximum absolute atomic E-state index is 11.1. The Bertz CT molecular complexity index is 482. The topological polar surface area (TPSA) is 20.2 Å². The van der Waals surface area contributed by atoms with Gasteiger partial charge in [-0.1, -0.05) is 50.8 Å². The average molecular weight is 284 g/mol. The van der Waals surface area contributed by atoms with Gasteiger partial charge in [0, 0.05) is 5.41 Å². The number of hydrogen-bond donors (Lipinski definition) is 1. The summed E-state index contributed by atoms with van der Waals surface area (Å²) in [5.41, 5.74) is 2.31. The number of aliphatic hydroxyl groups excluding tert-OH is 1. The molecule has 21 heavy (non-hydrogen) atoms. The van der Waals surface area contributed by atoms with Crippen molar-refractivity contribution in [1.29, 1.82) is 0 Å². The van der Waals surface area contributed by atoms with E-state index in [1.807, 2.05) is 6.08 Å². The Hall–Kier alpha value is -1.08. The number of rotatable bonds is 3. The van der Waals surface area contributed by atoms with E-state index in [0.717, 1.165) is 28.9 Å². The molecule has 1 aromatic rings. The van der Waals surface area contributed by atoms with Gasteiger partial charge >= 0.3 is 0 Å². The zero-order valence-corrected chi connectivity index (χ0v) is 13.4. The molecule has 0 saturated heterocycles. The molecule has 1 N–H and O–H groups in total. The number of aliphatic hydroxyl groups is 1. The second-order valence-electron chi connectivity index (χ2n) is 7.80. The molecule has 2 aliphatic carbocycles. The van der Waals surface area contributed by atoms with Crippen molar-refractivity contribution in [3.05, 3.63) is 42.0 Å². The Morgan fingerprint density at radius 3 is 2.19 bits per heavy atom. The molecule has 0 amide bonds. The quantitative estimate of drug-likeness (QED) is 0.807. The van der Waals surface area contributed by atoms with Crippen molar-refractivity contribution in [2.45, 2.75) is 52.1 Å². The molecule has 0 aliphatic heterocycles. The molecule has 3 unspecified atom stereocenters. The minimum Gasteiger partial charge on any atom is -0.388 e. The molecule has 3 rings (SSSR count). The number of hydrogen-bond acceptors (Lipinski definition) is 1. The lowest BCUT2D eigenvalue weighted by Crippen LogP contribution is -2.43. The van der Waals surface area contributed by atoms with E-state index in [1.165, 1.54) is 32.1 Å². The van der Waals surface area contributed by atoms with Crippen LogP contribution in [-0.4, -0.2) is 5.11 Å². The highest BCUT2D eigenvalue weighted by molar-refractivity contribution is 5.47. The Kier molecular flexibility index (Phi) is 3.96. The zero-order chi connectivity index (χ0) is 15.0. The Morgan fingerprint density at radius 2 is 1.67 bits per heavy atom. The molecule has 1 nitrogen and oxygen atoms in total. The van der Waals surface area contributed by atoms with Crippen LogP contribution in [0.25, 0.3) is 6.08 Å².